The van der Waals surface area contributed by atoms with E-state index in [0.717, 1.165) is 39.5 Å². The lowest BCUT2D eigenvalue weighted by Gasteiger charge is -2.36. The molecule has 2 aromatic rings. The zero-order valence-electron chi connectivity index (χ0n) is 14.5. The van der Waals surface area contributed by atoms with Crippen molar-refractivity contribution in [3.8, 4) is 0 Å². The predicted molar refractivity (Wildman–Crippen MR) is 108 cm³/mol. The molecule has 0 amide bonds. The summed E-state index contributed by atoms with van der Waals surface area (Å²) in [7, 11) is 2.29. The van der Waals surface area contributed by atoms with Crippen molar-refractivity contribution in [2.45, 2.75) is 42.5 Å². The molecule has 3 heterocycles. The van der Waals surface area contributed by atoms with Gasteiger partial charge in [-0.15, -0.1) is 36.3 Å². The Balaban J connectivity index is 2.12. The zero-order chi connectivity index (χ0) is 17.3. The molecule has 0 saturated carbocycles. The van der Waals surface area contributed by atoms with Crippen LogP contribution in [0.1, 0.15) is 24.3 Å². The molecule has 0 spiro atoms. The van der Waals surface area contributed by atoms with Crippen LogP contribution >= 0.6 is 34.9 Å². The summed E-state index contributed by atoms with van der Waals surface area (Å²) in [6.45, 7) is 13.4. The standard InChI is InChI=1S/C18H23N3S3/c1-6-8-22-15-14-12-10-18(3,4)21(5)11-13(12)24-16(14)20-17(19-15)23-9-7-2/h6-7H,1-2,8-11H2,3-5H3/p+1. The summed E-state index contributed by atoms with van der Waals surface area (Å²) in [6, 6.07) is 0. The van der Waals surface area contributed by atoms with Gasteiger partial charge in [-0.25, -0.2) is 9.97 Å². The first-order chi connectivity index (χ1) is 11.5. The van der Waals surface area contributed by atoms with Gasteiger partial charge in [-0.05, 0) is 19.4 Å². The second kappa shape index (κ2) is 7.20. The molecule has 1 unspecified atom stereocenters. The summed E-state index contributed by atoms with van der Waals surface area (Å²) in [4.78, 5) is 13.9. The van der Waals surface area contributed by atoms with Crippen molar-refractivity contribution in [3.05, 3.63) is 35.8 Å². The molecule has 0 radical (unpaired) electrons. The highest BCUT2D eigenvalue weighted by molar-refractivity contribution is 8.00. The number of nitrogens with one attached hydrogen (secondary N) is 1. The van der Waals surface area contributed by atoms with Crippen molar-refractivity contribution in [2.24, 2.45) is 0 Å². The first kappa shape index (κ1) is 18.0. The summed E-state index contributed by atoms with van der Waals surface area (Å²) >= 11 is 5.27. The Morgan fingerprint density at radius 1 is 1.21 bits per heavy atom. The number of aromatic nitrogens is 2. The third kappa shape index (κ3) is 3.43. The van der Waals surface area contributed by atoms with Gasteiger partial charge in [0.05, 0.1) is 17.5 Å². The maximum Gasteiger partial charge on any atom is 0.190 e. The molecule has 1 atom stereocenters. The van der Waals surface area contributed by atoms with Crippen LogP contribution in [0.4, 0.5) is 0 Å². The van der Waals surface area contributed by atoms with Crippen LogP contribution in [0.3, 0.4) is 0 Å². The highest BCUT2D eigenvalue weighted by atomic mass is 32.2. The Morgan fingerprint density at radius 2 is 1.92 bits per heavy atom. The Bertz CT molecular complexity index is 779. The smallest absolute Gasteiger partial charge is 0.190 e. The Labute approximate surface area is 156 Å². The maximum absolute atomic E-state index is 4.84. The fourth-order valence-corrected chi connectivity index (χ4v) is 5.72. The first-order valence-electron chi connectivity index (χ1n) is 8.09. The average Bonchev–Trinajstić information content (AvgIpc) is 2.87. The maximum atomic E-state index is 4.84. The van der Waals surface area contributed by atoms with Gasteiger partial charge < -0.3 is 4.90 Å². The van der Waals surface area contributed by atoms with E-state index in [0.29, 0.717) is 0 Å². The minimum absolute atomic E-state index is 0.248. The summed E-state index contributed by atoms with van der Waals surface area (Å²) in [5.74, 6) is 1.71. The van der Waals surface area contributed by atoms with Gasteiger partial charge in [0.25, 0.3) is 0 Å². The van der Waals surface area contributed by atoms with Gasteiger partial charge in [0.1, 0.15) is 16.4 Å². The van der Waals surface area contributed by atoms with E-state index in [9.17, 15) is 0 Å². The lowest BCUT2D eigenvalue weighted by Crippen LogP contribution is -3.16. The highest BCUT2D eigenvalue weighted by Gasteiger charge is 2.37. The van der Waals surface area contributed by atoms with Crippen LogP contribution in [0.5, 0.6) is 0 Å². The van der Waals surface area contributed by atoms with Crippen LogP contribution in [0, 0.1) is 0 Å². The summed E-state index contributed by atoms with van der Waals surface area (Å²) in [5, 5.41) is 3.25. The third-order valence-electron chi connectivity index (χ3n) is 4.55. The predicted octanol–water partition coefficient (Wildman–Crippen LogP) is 3.60. The van der Waals surface area contributed by atoms with E-state index in [2.05, 4.69) is 34.1 Å². The molecule has 0 bridgehead atoms. The van der Waals surface area contributed by atoms with E-state index in [1.807, 2.05) is 23.5 Å². The third-order valence-corrected chi connectivity index (χ3v) is 7.49. The van der Waals surface area contributed by atoms with E-state index < -0.39 is 0 Å². The summed E-state index contributed by atoms with van der Waals surface area (Å²) < 4.78 is 0. The van der Waals surface area contributed by atoms with Crippen molar-refractivity contribution >= 4 is 45.1 Å². The number of fused-ring (bicyclic) bond motifs is 3. The monoisotopic (exact) mass is 378 g/mol. The van der Waals surface area contributed by atoms with Crippen LogP contribution in [0.25, 0.3) is 10.2 Å². The molecule has 1 N–H and O–H groups in total. The van der Waals surface area contributed by atoms with Crippen molar-refractivity contribution in [1.29, 1.82) is 0 Å². The molecule has 24 heavy (non-hydrogen) atoms. The first-order valence-corrected chi connectivity index (χ1v) is 10.9. The van der Waals surface area contributed by atoms with Crippen LogP contribution in [0.15, 0.2) is 35.5 Å². The second-order valence-electron chi connectivity index (χ2n) is 6.71. The van der Waals surface area contributed by atoms with Crippen LogP contribution in [-0.2, 0) is 13.0 Å². The number of thiophene rings is 1. The van der Waals surface area contributed by atoms with E-state index in [1.165, 1.54) is 15.8 Å². The number of thioether (sulfide) groups is 2. The van der Waals surface area contributed by atoms with Crippen molar-refractivity contribution in [1.82, 2.24) is 9.97 Å². The Hall–Kier alpha value is -0.820. The molecule has 6 heteroatoms. The van der Waals surface area contributed by atoms with E-state index in [4.69, 9.17) is 9.97 Å². The number of quaternary nitrogens is 1. The molecular weight excluding hydrogens is 354 g/mol. The summed E-state index contributed by atoms with van der Waals surface area (Å²) in [6.07, 6.45) is 4.92. The van der Waals surface area contributed by atoms with Crippen LogP contribution < -0.4 is 4.90 Å². The number of likely N-dealkylation sites (N-methyl/N-ethyl adjacent to an activating group) is 1. The van der Waals surface area contributed by atoms with E-state index >= 15 is 0 Å². The van der Waals surface area contributed by atoms with Crippen LogP contribution in [0.2, 0.25) is 0 Å². The molecule has 0 aliphatic carbocycles. The Kier molecular flexibility index (Phi) is 5.39. The molecule has 0 aromatic carbocycles. The molecular formula is C18H24N3S3+. The van der Waals surface area contributed by atoms with Crippen molar-refractivity contribution < 1.29 is 4.90 Å². The SMILES string of the molecule is C=CCSc1nc(SCC=C)c2c3c(sc2n1)C[NH+](C)C(C)(C)C3. The molecule has 0 saturated heterocycles. The van der Waals surface area contributed by atoms with Gasteiger partial charge in [-0.1, -0.05) is 23.9 Å². The number of nitrogens with zero attached hydrogens (tertiary/aromatic N) is 2. The average molecular weight is 379 g/mol. The highest BCUT2D eigenvalue weighted by Crippen LogP contribution is 2.39. The lowest BCUT2D eigenvalue weighted by molar-refractivity contribution is -0.945. The van der Waals surface area contributed by atoms with Gasteiger partial charge >= 0.3 is 0 Å². The number of hydrogen-bond acceptors (Lipinski definition) is 5. The molecule has 128 valence electrons. The van der Waals surface area contributed by atoms with Gasteiger partial charge in [0.2, 0.25) is 0 Å². The quantitative estimate of drug-likeness (QED) is 0.360. The molecule has 1 aliphatic rings. The van der Waals surface area contributed by atoms with Gasteiger partial charge in [-0.2, -0.15) is 0 Å². The van der Waals surface area contributed by atoms with E-state index in [-0.39, 0.29) is 5.54 Å². The zero-order valence-corrected chi connectivity index (χ0v) is 17.0. The molecule has 2 aromatic heterocycles. The lowest BCUT2D eigenvalue weighted by atomic mass is 9.89. The van der Waals surface area contributed by atoms with Gasteiger partial charge in [0.15, 0.2) is 5.16 Å². The summed E-state index contributed by atoms with van der Waals surface area (Å²) in [5.41, 5.74) is 1.72. The normalized spacial score (nSPS) is 19.2. The van der Waals surface area contributed by atoms with Crippen molar-refractivity contribution in [3.63, 3.8) is 0 Å². The fraction of sp³-hybridized carbons (Fsp3) is 0.444. The van der Waals surface area contributed by atoms with Gasteiger partial charge in [0, 0.05) is 23.3 Å². The number of rotatable bonds is 6. The molecule has 3 rings (SSSR count). The largest absolute Gasteiger partial charge is 0.328 e. The minimum atomic E-state index is 0.248. The fourth-order valence-electron chi connectivity index (χ4n) is 2.89. The topological polar surface area (TPSA) is 30.2 Å². The van der Waals surface area contributed by atoms with Crippen LogP contribution in [-0.4, -0.2) is 34.1 Å². The Morgan fingerprint density at radius 3 is 2.62 bits per heavy atom. The van der Waals surface area contributed by atoms with E-state index in [1.54, 1.807) is 28.4 Å². The second-order valence-corrected chi connectivity index (χ2v) is 9.79. The minimum Gasteiger partial charge on any atom is -0.328 e. The molecule has 1 aliphatic heterocycles. The molecule has 3 nitrogen and oxygen atoms in total. The number of hydrogen-bond donors (Lipinski definition) is 1. The molecule has 0 fully saturated rings. The van der Waals surface area contributed by atoms with Crippen molar-refractivity contribution in [2.75, 3.05) is 18.6 Å². The van der Waals surface area contributed by atoms with Gasteiger partial charge in [-0.3, -0.25) is 0 Å².